The van der Waals surface area contributed by atoms with Gasteiger partial charge in [0, 0.05) is 24.7 Å². The van der Waals surface area contributed by atoms with Crippen molar-refractivity contribution in [1.29, 1.82) is 0 Å². The first-order valence-corrected chi connectivity index (χ1v) is 13.8. The van der Waals surface area contributed by atoms with Crippen molar-refractivity contribution < 1.29 is 22.7 Å². The maximum Gasteiger partial charge on any atom is 0.241 e. The van der Waals surface area contributed by atoms with E-state index in [-0.39, 0.29) is 24.0 Å². The topological polar surface area (TPSA) is 44.8 Å². The highest BCUT2D eigenvalue weighted by Gasteiger charge is 2.47. The van der Waals surface area contributed by atoms with Crippen molar-refractivity contribution in [3.63, 3.8) is 0 Å². The molecule has 5 nitrogen and oxygen atoms in total. The summed E-state index contributed by atoms with van der Waals surface area (Å²) in [4.78, 5) is 15.2. The first-order valence-electron chi connectivity index (χ1n) is 13.0. The molecule has 1 amide bonds. The first kappa shape index (κ1) is 32.8. The number of nitrogens with one attached hydrogen (secondary N) is 1. The molecule has 0 saturated carbocycles. The number of carbonyl (C=O) groups is 1. The van der Waals surface area contributed by atoms with E-state index in [2.05, 4.69) is 39.9 Å². The van der Waals surface area contributed by atoms with Crippen molar-refractivity contribution in [3.8, 4) is 5.75 Å². The Balaban J connectivity index is 0.000000440. The summed E-state index contributed by atoms with van der Waals surface area (Å²) < 4.78 is 46.7. The molecule has 0 radical (unpaired) electrons. The summed E-state index contributed by atoms with van der Waals surface area (Å²) in [6.45, 7) is 13.2. The van der Waals surface area contributed by atoms with Gasteiger partial charge in [-0.1, -0.05) is 53.2 Å². The number of hydrogen-bond donors (Lipinski definition) is 1. The normalized spacial score (nSPS) is 20.1. The van der Waals surface area contributed by atoms with E-state index in [1.807, 2.05) is 40.8 Å². The number of piperazine rings is 1. The third-order valence-corrected chi connectivity index (χ3v) is 7.00. The molecule has 0 aliphatic carbocycles. The van der Waals surface area contributed by atoms with Crippen LogP contribution in [-0.2, 0) is 11.2 Å². The van der Waals surface area contributed by atoms with Gasteiger partial charge in [-0.15, -0.1) is 0 Å². The minimum absolute atomic E-state index is 0.0431. The summed E-state index contributed by atoms with van der Waals surface area (Å²) in [6, 6.07) is 9.41. The first-order chi connectivity index (χ1) is 17.8. The molecule has 208 valence electrons. The van der Waals surface area contributed by atoms with E-state index in [1.165, 1.54) is 11.1 Å². The number of amides is 1. The second kappa shape index (κ2) is 16.6. The van der Waals surface area contributed by atoms with E-state index < -0.39 is 17.5 Å². The second-order valence-corrected chi connectivity index (χ2v) is 9.04. The molecule has 0 spiro atoms. The average Bonchev–Trinajstić information content (AvgIpc) is 2.93. The highest BCUT2D eigenvalue weighted by molar-refractivity contribution is 7.95. The largest absolute Gasteiger partial charge is 0.497 e. The number of methoxy groups -OCH3 is 1. The Hall–Kier alpha value is -2.23. The lowest BCUT2D eigenvalue weighted by Crippen LogP contribution is -2.61. The zero-order valence-corrected chi connectivity index (χ0v) is 24.1. The molecule has 2 aromatic carbocycles. The predicted octanol–water partition coefficient (Wildman–Crippen LogP) is 6.93. The molecule has 2 aromatic rings. The van der Waals surface area contributed by atoms with E-state index in [1.54, 1.807) is 19.2 Å². The van der Waals surface area contributed by atoms with Gasteiger partial charge in [0.2, 0.25) is 5.91 Å². The summed E-state index contributed by atoms with van der Waals surface area (Å²) >= 11 is 1.56. The number of ether oxygens (including phenoxy) is 1. The number of benzene rings is 2. The predicted molar refractivity (Wildman–Crippen MR) is 147 cm³/mol. The monoisotopic (exact) mass is 541 g/mol. The van der Waals surface area contributed by atoms with Gasteiger partial charge in [-0.05, 0) is 62.2 Å². The molecule has 1 saturated heterocycles. The number of fused-ring (bicyclic) bond motifs is 3. The molecule has 4 rings (SSSR count). The van der Waals surface area contributed by atoms with Crippen LogP contribution in [0, 0.1) is 17.5 Å². The van der Waals surface area contributed by atoms with Crippen molar-refractivity contribution in [1.82, 2.24) is 13.9 Å². The van der Waals surface area contributed by atoms with Crippen LogP contribution in [0.3, 0.4) is 0 Å². The molecule has 0 bridgehead atoms. The molecule has 9 heteroatoms. The lowest BCUT2D eigenvalue weighted by atomic mass is 9.85. The smallest absolute Gasteiger partial charge is 0.241 e. The Morgan fingerprint density at radius 3 is 2.22 bits per heavy atom. The van der Waals surface area contributed by atoms with Gasteiger partial charge in [0.15, 0.2) is 17.5 Å². The molecule has 3 atom stereocenters. The number of rotatable bonds is 5. The molecule has 0 aromatic heterocycles. The quantitative estimate of drug-likeness (QED) is 0.328. The fraction of sp³-hybridized carbons (Fsp3) is 0.536. The molecule has 37 heavy (non-hydrogen) atoms. The summed E-state index contributed by atoms with van der Waals surface area (Å²) in [7, 11) is 3.61. The summed E-state index contributed by atoms with van der Waals surface area (Å²) in [5.41, 5.74) is 2.57. The lowest BCUT2D eigenvalue weighted by molar-refractivity contribution is -0.146. The minimum atomic E-state index is -1.42. The molecule has 1 fully saturated rings. The number of halogens is 3. The van der Waals surface area contributed by atoms with Gasteiger partial charge >= 0.3 is 0 Å². The van der Waals surface area contributed by atoms with Crippen LogP contribution in [0.1, 0.15) is 71.6 Å². The Morgan fingerprint density at radius 1 is 1.08 bits per heavy atom. The maximum absolute atomic E-state index is 13.1. The fourth-order valence-corrected chi connectivity index (χ4v) is 5.32. The highest BCUT2D eigenvalue weighted by atomic mass is 32.2. The molecule has 1 N–H and O–H groups in total. The van der Waals surface area contributed by atoms with E-state index in [0.29, 0.717) is 0 Å². The Kier molecular flexibility index (Phi) is 14.7. The van der Waals surface area contributed by atoms with Crippen LogP contribution in [0.2, 0.25) is 0 Å². The van der Waals surface area contributed by atoms with Crippen molar-refractivity contribution in [2.24, 2.45) is 0 Å². The van der Waals surface area contributed by atoms with E-state index in [9.17, 15) is 18.0 Å². The molecular weight excluding hydrogens is 499 g/mol. The number of nitrogens with zero attached hydrogens (tertiary/aromatic N) is 2. The lowest BCUT2D eigenvalue weighted by Gasteiger charge is -2.51. The average molecular weight is 542 g/mol. The van der Waals surface area contributed by atoms with Crippen LogP contribution in [0.4, 0.5) is 13.2 Å². The van der Waals surface area contributed by atoms with Crippen molar-refractivity contribution in [2.75, 3.05) is 20.7 Å². The number of hydrogen-bond acceptors (Lipinski definition) is 5. The van der Waals surface area contributed by atoms with Crippen LogP contribution in [0.5, 0.6) is 5.75 Å². The minimum Gasteiger partial charge on any atom is -0.497 e. The number of carbonyl (C=O) groups excluding carboxylic acids is 1. The van der Waals surface area contributed by atoms with Crippen LogP contribution in [-0.4, -0.2) is 47.9 Å². The van der Waals surface area contributed by atoms with Crippen molar-refractivity contribution in [2.45, 2.75) is 78.9 Å². The van der Waals surface area contributed by atoms with Crippen molar-refractivity contribution >= 4 is 18.0 Å². The standard InChI is InChI=1S/C18H27N3O2S.C6H3F3.2C2H6/c1-5-6-16-18(22)20-10-9-13-11-14(23-4)7-8-15(13)17(20)12(2)21(16)24-19-3;7-4-2-1-3-5(8)6(4)9;2*1-2/h7-8,11-12,16-17,19H,5-6,9-10H2,1-4H3;1-3H;2*1-2H3. The Bertz CT molecular complexity index is 959. The molecular formula is C28H42F3N3O2S. The van der Waals surface area contributed by atoms with Gasteiger partial charge in [-0.3, -0.25) is 9.52 Å². The van der Waals surface area contributed by atoms with E-state index in [4.69, 9.17) is 4.74 Å². The second-order valence-electron chi connectivity index (χ2n) is 8.03. The van der Waals surface area contributed by atoms with Gasteiger partial charge in [0.05, 0.1) is 13.2 Å². The van der Waals surface area contributed by atoms with Gasteiger partial charge in [-0.25, -0.2) is 17.5 Å². The van der Waals surface area contributed by atoms with E-state index >= 15 is 0 Å². The molecule has 3 unspecified atom stereocenters. The van der Waals surface area contributed by atoms with Gasteiger partial charge in [0.1, 0.15) is 11.8 Å². The maximum atomic E-state index is 13.1. The zero-order chi connectivity index (χ0) is 28.1. The van der Waals surface area contributed by atoms with Crippen LogP contribution in [0.25, 0.3) is 0 Å². The van der Waals surface area contributed by atoms with Gasteiger partial charge in [0.25, 0.3) is 0 Å². The fourth-order valence-electron chi connectivity index (χ4n) is 4.51. The third-order valence-electron chi connectivity index (χ3n) is 6.02. The highest BCUT2D eigenvalue weighted by Crippen LogP contribution is 2.42. The zero-order valence-electron chi connectivity index (χ0n) is 23.3. The van der Waals surface area contributed by atoms with Crippen LogP contribution < -0.4 is 9.46 Å². The van der Waals surface area contributed by atoms with Crippen molar-refractivity contribution in [3.05, 3.63) is 65.0 Å². The van der Waals surface area contributed by atoms with Crippen LogP contribution >= 0.6 is 12.1 Å². The third kappa shape index (κ3) is 7.88. The SMILES string of the molecule is CC.CC.CCCC1C(=O)N2CCc3cc(OC)ccc3C2C(C)N1SNC.Fc1cccc(F)c1F. The Morgan fingerprint density at radius 2 is 1.70 bits per heavy atom. The summed E-state index contributed by atoms with van der Waals surface area (Å²) in [5, 5.41) is 0. The summed E-state index contributed by atoms with van der Waals surface area (Å²) in [6.07, 6.45) is 2.81. The molecule has 2 heterocycles. The van der Waals surface area contributed by atoms with E-state index in [0.717, 1.165) is 49.8 Å². The van der Waals surface area contributed by atoms with Gasteiger partial charge in [-0.2, -0.15) is 0 Å². The Labute approximate surface area is 225 Å². The van der Waals surface area contributed by atoms with Gasteiger partial charge < -0.3 is 9.64 Å². The molecule has 2 aliphatic heterocycles. The molecule has 2 aliphatic rings. The summed E-state index contributed by atoms with van der Waals surface area (Å²) in [5.74, 6) is -2.58. The van der Waals surface area contributed by atoms with Crippen LogP contribution in [0.15, 0.2) is 36.4 Å².